The summed E-state index contributed by atoms with van der Waals surface area (Å²) in [5, 5.41) is 21.3. The molecule has 0 aromatic carbocycles. The molecule has 0 aromatic rings. The molecule has 4 atom stereocenters. The number of ether oxygens (including phenoxy) is 6. The summed E-state index contributed by atoms with van der Waals surface area (Å²) in [5.74, 6) is 1.04. The summed E-state index contributed by atoms with van der Waals surface area (Å²) in [4.78, 5) is 63.4. The molecule has 13 saturated carbocycles. The molecule has 468 valence electrons. The monoisotopic (exact) mass is 1140 g/mol. The van der Waals surface area contributed by atoms with Crippen LogP contribution in [0.15, 0.2) is 0 Å². The minimum absolute atomic E-state index is 0. The van der Waals surface area contributed by atoms with Gasteiger partial charge in [-0.2, -0.15) is 0 Å². The Morgan fingerprint density at radius 2 is 0.901 bits per heavy atom. The number of carbonyl (C=O) groups is 5. The fourth-order valence-electron chi connectivity index (χ4n) is 16.9. The standard InChI is InChI=1S/C27H44O5.C22H36O4.C16H26O4.3CH4/c1-5-24(2,3)23(29)32-27-17-20-14-21(18-27)16-26(15-20,19-27)30-13-9-10-22(28)31-25(4)11-7-6-8-12-25;1-5-19(3,4)17(23)25-22-14-11-20(12-15-22,13-16-22)18(24)26-21(6-2)9-7-8-10-21;1-4-13(2,3)12(17)20-16-7-11-5-14(18,9-16)8-15(19,6-11)10-16;;;/h20-21H,5-19H2,1-4H3;5-16H2,1-4H3;11,18-19H,4-10H2,1-3H3;3*1H4. The summed E-state index contributed by atoms with van der Waals surface area (Å²) < 4.78 is 36.7. The van der Waals surface area contributed by atoms with Crippen LogP contribution in [0.4, 0.5) is 0 Å². The Labute approximate surface area is 491 Å². The van der Waals surface area contributed by atoms with Crippen LogP contribution in [0.1, 0.15) is 310 Å². The zero-order chi connectivity index (χ0) is 56.9. The van der Waals surface area contributed by atoms with Gasteiger partial charge in [-0.05, 0) is 240 Å². The second kappa shape index (κ2) is 25.3. The third-order valence-electron chi connectivity index (χ3n) is 22.4. The predicted molar refractivity (Wildman–Crippen MR) is 318 cm³/mol. The van der Waals surface area contributed by atoms with Gasteiger partial charge in [0.2, 0.25) is 0 Å². The van der Waals surface area contributed by atoms with E-state index in [1.54, 1.807) is 0 Å². The van der Waals surface area contributed by atoms with E-state index >= 15 is 0 Å². The lowest BCUT2D eigenvalue weighted by atomic mass is 9.50. The smallest absolute Gasteiger partial charge is 0.312 e. The Hall–Kier alpha value is -2.77. The maximum atomic E-state index is 13.1. The summed E-state index contributed by atoms with van der Waals surface area (Å²) in [6.45, 7) is 22.5. The van der Waals surface area contributed by atoms with Gasteiger partial charge in [0.25, 0.3) is 0 Å². The van der Waals surface area contributed by atoms with Gasteiger partial charge in [-0.1, -0.05) is 56.4 Å². The van der Waals surface area contributed by atoms with Gasteiger partial charge in [0.15, 0.2) is 0 Å². The van der Waals surface area contributed by atoms with E-state index in [-0.39, 0.29) is 91.5 Å². The number of fused-ring (bicyclic) bond motifs is 3. The second-order valence-corrected chi connectivity index (χ2v) is 30.4. The van der Waals surface area contributed by atoms with E-state index in [1.807, 2.05) is 62.3 Å². The van der Waals surface area contributed by atoms with Crippen molar-refractivity contribution in [1.82, 2.24) is 0 Å². The Kier molecular flexibility index (Phi) is 21.5. The molecule has 13 fully saturated rings. The van der Waals surface area contributed by atoms with E-state index in [2.05, 4.69) is 13.8 Å². The topological polar surface area (TPSA) is 181 Å². The lowest BCUT2D eigenvalue weighted by Gasteiger charge is -2.62. The molecule has 0 amide bonds. The molecule has 4 unspecified atom stereocenters. The average Bonchev–Trinajstić information content (AvgIpc) is 3.86. The van der Waals surface area contributed by atoms with Crippen LogP contribution in [-0.2, 0) is 52.4 Å². The number of esters is 5. The van der Waals surface area contributed by atoms with Gasteiger partial charge in [-0.25, -0.2) is 0 Å². The van der Waals surface area contributed by atoms with Crippen molar-refractivity contribution in [3.63, 3.8) is 0 Å². The third kappa shape index (κ3) is 15.3. The first-order valence-corrected chi connectivity index (χ1v) is 31.6. The van der Waals surface area contributed by atoms with E-state index in [4.69, 9.17) is 28.4 Å². The Morgan fingerprint density at radius 3 is 1.36 bits per heavy atom. The van der Waals surface area contributed by atoms with Crippen molar-refractivity contribution in [2.75, 3.05) is 6.61 Å². The van der Waals surface area contributed by atoms with Gasteiger partial charge >= 0.3 is 29.8 Å². The van der Waals surface area contributed by atoms with Crippen LogP contribution < -0.4 is 0 Å². The zero-order valence-corrected chi connectivity index (χ0v) is 50.7. The summed E-state index contributed by atoms with van der Waals surface area (Å²) in [7, 11) is 0. The largest absolute Gasteiger partial charge is 0.459 e. The first-order valence-electron chi connectivity index (χ1n) is 31.6. The molecule has 13 nitrogen and oxygen atoms in total. The summed E-state index contributed by atoms with van der Waals surface area (Å²) in [6.07, 6.45) is 28.9. The number of carbonyl (C=O) groups excluding carboxylic acids is 5. The van der Waals surface area contributed by atoms with E-state index < -0.39 is 33.0 Å². The highest BCUT2D eigenvalue weighted by Crippen LogP contribution is 2.63. The SMILES string of the molecule is C.C.C.CCC(C)(C)C(=O)OC12CC3CC(CC(OCCCC(=O)OC4(C)CCCCC4)(C3)C1)C2.CCC(C)(C)C(=O)OC12CC3CC(O)(CC(O)(C3)C1)C2.CCC1(OC(=O)C23CCC(OC(=O)C(C)(C)CC)(CC2)CC3)CCCC1. The minimum Gasteiger partial charge on any atom is -0.459 e. The van der Waals surface area contributed by atoms with Gasteiger partial charge in [-0.3, -0.25) is 24.0 Å². The average molecular weight is 1140 g/mol. The van der Waals surface area contributed by atoms with Crippen LogP contribution in [0, 0.1) is 39.4 Å². The molecule has 0 radical (unpaired) electrons. The van der Waals surface area contributed by atoms with Crippen LogP contribution >= 0.6 is 0 Å². The molecule has 10 bridgehead atoms. The molecule has 0 saturated heterocycles. The molecule has 0 spiro atoms. The van der Waals surface area contributed by atoms with E-state index in [1.165, 1.54) is 25.7 Å². The Balaban J connectivity index is 0.000000224. The number of rotatable bonds is 18. The molecule has 0 aliphatic heterocycles. The van der Waals surface area contributed by atoms with Gasteiger partial charge < -0.3 is 38.6 Å². The van der Waals surface area contributed by atoms with Crippen molar-refractivity contribution in [2.45, 2.75) is 355 Å². The lowest BCUT2D eigenvalue weighted by Crippen LogP contribution is -2.67. The maximum absolute atomic E-state index is 13.1. The van der Waals surface area contributed by atoms with Crippen LogP contribution in [0.5, 0.6) is 0 Å². The van der Waals surface area contributed by atoms with Crippen molar-refractivity contribution in [2.24, 2.45) is 39.4 Å². The van der Waals surface area contributed by atoms with E-state index in [0.717, 1.165) is 154 Å². The molecule has 2 N–H and O–H groups in total. The van der Waals surface area contributed by atoms with Crippen LogP contribution in [-0.4, -0.2) is 91.5 Å². The van der Waals surface area contributed by atoms with Crippen LogP contribution in [0.3, 0.4) is 0 Å². The third-order valence-corrected chi connectivity index (χ3v) is 22.4. The van der Waals surface area contributed by atoms with Crippen molar-refractivity contribution < 1.29 is 62.6 Å². The molecular formula is C68H118O13. The zero-order valence-electron chi connectivity index (χ0n) is 50.7. The quantitative estimate of drug-likeness (QED) is 0.0752. The number of hydrogen-bond donors (Lipinski definition) is 2. The highest BCUT2D eigenvalue weighted by Gasteiger charge is 2.65. The second-order valence-electron chi connectivity index (χ2n) is 30.4. The number of hydrogen-bond acceptors (Lipinski definition) is 13. The lowest BCUT2D eigenvalue weighted by molar-refractivity contribution is -0.264. The summed E-state index contributed by atoms with van der Waals surface area (Å²) in [5.41, 5.74) is -5.39. The van der Waals surface area contributed by atoms with Crippen molar-refractivity contribution in [3.05, 3.63) is 0 Å². The van der Waals surface area contributed by atoms with Gasteiger partial charge in [0.05, 0.1) is 38.5 Å². The first-order chi connectivity index (χ1) is 36.4. The predicted octanol–water partition coefficient (Wildman–Crippen LogP) is 15.5. The number of aliphatic hydroxyl groups is 2. The molecular weight excluding hydrogens is 1020 g/mol. The van der Waals surface area contributed by atoms with Crippen molar-refractivity contribution in [1.29, 1.82) is 0 Å². The maximum Gasteiger partial charge on any atom is 0.312 e. The van der Waals surface area contributed by atoms with E-state index in [0.29, 0.717) is 50.5 Å². The highest BCUT2D eigenvalue weighted by molar-refractivity contribution is 5.79. The molecule has 0 heterocycles. The molecule has 13 aliphatic rings. The van der Waals surface area contributed by atoms with E-state index in [9.17, 15) is 34.2 Å². The van der Waals surface area contributed by atoms with Crippen LogP contribution in [0.2, 0.25) is 0 Å². The summed E-state index contributed by atoms with van der Waals surface area (Å²) >= 11 is 0. The fraction of sp³-hybridized carbons (Fsp3) is 0.926. The van der Waals surface area contributed by atoms with Gasteiger partial charge in [-0.15, -0.1) is 0 Å². The minimum atomic E-state index is -0.842. The highest BCUT2D eigenvalue weighted by atomic mass is 16.6. The van der Waals surface area contributed by atoms with Gasteiger partial charge in [0.1, 0.15) is 28.0 Å². The Bertz CT molecular complexity index is 2120. The van der Waals surface area contributed by atoms with Crippen LogP contribution in [0.25, 0.3) is 0 Å². The Morgan fingerprint density at radius 1 is 0.469 bits per heavy atom. The molecule has 13 heteroatoms. The molecule has 13 aliphatic carbocycles. The van der Waals surface area contributed by atoms with Crippen molar-refractivity contribution in [3.8, 4) is 0 Å². The molecule has 81 heavy (non-hydrogen) atoms. The summed E-state index contributed by atoms with van der Waals surface area (Å²) in [6, 6.07) is 0. The molecule has 13 rings (SSSR count). The fourth-order valence-corrected chi connectivity index (χ4v) is 16.9. The van der Waals surface area contributed by atoms with Gasteiger partial charge in [0, 0.05) is 38.7 Å². The molecule has 0 aromatic heterocycles. The van der Waals surface area contributed by atoms with Crippen molar-refractivity contribution >= 4 is 29.8 Å². The first kappa shape index (κ1) is 69.0. The normalized spacial score (nSPS) is 36.1.